The van der Waals surface area contributed by atoms with E-state index < -0.39 is 0 Å². The highest BCUT2D eigenvalue weighted by Crippen LogP contribution is 2.15. The molecule has 3 rings (SSSR count). The third kappa shape index (κ3) is 6.97. The van der Waals surface area contributed by atoms with Crippen LogP contribution in [0.5, 0.6) is 5.75 Å². The Morgan fingerprint density at radius 3 is 2.23 bits per heavy atom. The summed E-state index contributed by atoms with van der Waals surface area (Å²) in [5, 5.41) is 0. The average Bonchev–Trinajstić information content (AvgIpc) is 3.04. The maximum Gasteiger partial charge on any atom is 0.242 e. The molecule has 170 valence electrons. The first kappa shape index (κ1) is 23.1. The van der Waals surface area contributed by atoms with Crippen molar-refractivity contribution in [3.8, 4) is 5.75 Å². The fourth-order valence-corrected chi connectivity index (χ4v) is 4.26. The number of amides is 3. The number of methoxy groups -OCH3 is 1. The van der Waals surface area contributed by atoms with Crippen LogP contribution in [0.25, 0.3) is 0 Å². The van der Waals surface area contributed by atoms with Gasteiger partial charge in [-0.3, -0.25) is 14.4 Å². The van der Waals surface area contributed by atoms with E-state index in [1.54, 1.807) is 12.0 Å². The van der Waals surface area contributed by atoms with E-state index in [9.17, 15) is 14.4 Å². The Kier molecular flexibility index (Phi) is 8.74. The number of carbonyl (C=O) groups excluding carboxylic acids is 3. The quantitative estimate of drug-likeness (QED) is 0.697. The molecule has 0 radical (unpaired) electrons. The summed E-state index contributed by atoms with van der Waals surface area (Å²) in [5.74, 6) is 1.04. The number of hydrogen-bond donors (Lipinski definition) is 0. The second-order valence-electron chi connectivity index (χ2n) is 8.44. The van der Waals surface area contributed by atoms with Gasteiger partial charge in [-0.05, 0) is 43.4 Å². The van der Waals surface area contributed by atoms with Gasteiger partial charge < -0.3 is 19.4 Å². The van der Waals surface area contributed by atoms with Crippen LogP contribution < -0.4 is 4.74 Å². The van der Waals surface area contributed by atoms with E-state index in [0.29, 0.717) is 52.0 Å². The van der Waals surface area contributed by atoms with Crippen molar-refractivity contribution in [2.24, 2.45) is 0 Å². The fourth-order valence-electron chi connectivity index (χ4n) is 4.26. The number of ether oxygens (including phenoxy) is 1. The molecular weight excluding hydrogens is 394 g/mol. The smallest absolute Gasteiger partial charge is 0.242 e. The lowest BCUT2D eigenvalue weighted by Gasteiger charge is -2.28. The van der Waals surface area contributed by atoms with Gasteiger partial charge in [-0.25, -0.2) is 0 Å². The first-order chi connectivity index (χ1) is 15.1. The molecule has 0 aliphatic carbocycles. The monoisotopic (exact) mass is 429 g/mol. The first-order valence-corrected chi connectivity index (χ1v) is 11.5. The molecule has 0 unspecified atom stereocenters. The maximum atomic E-state index is 12.8. The molecule has 0 bridgehead atoms. The first-order valence-electron chi connectivity index (χ1n) is 11.5. The van der Waals surface area contributed by atoms with Crippen molar-refractivity contribution in [1.29, 1.82) is 0 Å². The van der Waals surface area contributed by atoms with Crippen molar-refractivity contribution in [2.75, 3.05) is 46.4 Å². The molecule has 0 aromatic heterocycles. The van der Waals surface area contributed by atoms with E-state index in [-0.39, 0.29) is 24.3 Å². The molecule has 7 heteroatoms. The predicted molar refractivity (Wildman–Crippen MR) is 119 cm³/mol. The van der Waals surface area contributed by atoms with Gasteiger partial charge in [0, 0.05) is 45.6 Å². The summed E-state index contributed by atoms with van der Waals surface area (Å²) in [6, 6.07) is 7.79. The second-order valence-corrected chi connectivity index (χ2v) is 8.44. The van der Waals surface area contributed by atoms with Crippen LogP contribution in [0.15, 0.2) is 24.3 Å². The summed E-state index contributed by atoms with van der Waals surface area (Å²) in [7, 11) is 1.64. The molecule has 2 heterocycles. The van der Waals surface area contributed by atoms with Crippen molar-refractivity contribution < 1.29 is 19.1 Å². The third-order valence-electron chi connectivity index (χ3n) is 6.24. The molecule has 2 fully saturated rings. The largest absolute Gasteiger partial charge is 0.497 e. The molecule has 7 nitrogen and oxygen atoms in total. The lowest BCUT2D eigenvalue weighted by atomic mass is 10.1. The van der Waals surface area contributed by atoms with E-state index >= 15 is 0 Å². The van der Waals surface area contributed by atoms with Crippen molar-refractivity contribution in [3.05, 3.63) is 29.8 Å². The number of rotatable bonds is 6. The van der Waals surface area contributed by atoms with E-state index in [0.717, 1.165) is 43.4 Å². The summed E-state index contributed by atoms with van der Waals surface area (Å²) in [4.78, 5) is 43.3. The zero-order chi connectivity index (χ0) is 22.1. The summed E-state index contributed by atoms with van der Waals surface area (Å²) >= 11 is 0. The normalized spacial score (nSPS) is 18.2. The van der Waals surface area contributed by atoms with Gasteiger partial charge in [0.05, 0.1) is 13.7 Å². The van der Waals surface area contributed by atoms with E-state index in [4.69, 9.17) is 4.74 Å². The highest BCUT2D eigenvalue weighted by Gasteiger charge is 2.25. The number of aryl methyl sites for hydroxylation is 1. The fraction of sp³-hybridized carbons (Fsp3) is 0.625. The van der Waals surface area contributed by atoms with Crippen molar-refractivity contribution in [2.45, 2.75) is 51.4 Å². The summed E-state index contributed by atoms with van der Waals surface area (Å²) in [5.41, 5.74) is 1.11. The van der Waals surface area contributed by atoms with Crippen LogP contribution in [0.4, 0.5) is 0 Å². The van der Waals surface area contributed by atoms with Crippen LogP contribution in [-0.2, 0) is 20.8 Å². The van der Waals surface area contributed by atoms with Crippen LogP contribution in [0.3, 0.4) is 0 Å². The van der Waals surface area contributed by atoms with Crippen molar-refractivity contribution in [1.82, 2.24) is 14.7 Å². The molecular formula is C24H35N3O4. The second kappa shape index (κ2) is 11.7. The summed E-state index contributed by atoms with van der Waals surface area (Å²) < 4.78 is 5.17. The topological polar surface area (TPSA) is 70.2 Å². The van der Waals surface area contributed by atoms with Crippen molar-refractivity contribution >= 4 is 17.7 Å². The molecule has 0 atom stereocenters. The predicted octanol–water partition coefficient (Wildman–Crippen LogP) is 2.48. The van der Waals surface area contributed by atoms with Crippen LogP contribution in [0.2, 0.25) is 0 Å². The Hall–Kier alpha value is -2.57. The number of nitrogens with zero attached hydrogens (tertiary/aromatic N) is 3. The van der Waals surface area contributed by atoms with Crippen LogP contribution in [-0.4, -0.2) is 78.8 Å². The molecule has 1 aromatic carbocycles. The summed E-state index contributed by atoms with van der Waals surface area (Å²) in [6.45, 7) is 3.26. The van der Waals surface area contributed by atoms with E-state index in [2.05, 4.69) is 0 Å². The van der Waals surface area contributed by atoms with Gasteiger partial charge in [0.1, 0.15) is 5.75 Å². The molecule has 0 saturated carbocycles. The van der Waals surface area contributed by atoms with Crippen LogP contribution in [0, 0.1) is 0 Å². The van der Waals surface area contributed by atoms with Crippen molar-refractivity contribution in [3.63, 3.8) is 0 Å². The highest BCUT2D eigenvalue weighted by atomic mass is 16.5. The van der Waals surface area contributed by atoms with Gasteiger partial charge in [-0.1, -0.05) is 25.0 Å². The maximum absolute atomic E-state index is 12.8. The van der Waals surface area contributed by atoms with Gasteiger partial charge in [0.15, 0.2) is 0 Å². The Balaban J connectivity index is 1.45. The Labute approximate surface area is 185 Å². The minimum absolute atomic E-state index is 0.00135. The molecule has 2 saturated heterocycles. The molecule has 0 spiro atoms. The standard InChI is InChI=1S/C24H35N3O4/c1-31-21-11-8-20(9-12-21)10-13-23(29)25-15-6-16-26(18-17-25)24(30)19-27-14-5-3-2-4-7-22(27)28/h8-9,11-12H,2-7,10,13-19H2,1H3. The Bertz CT molecular complexity index is 750. The van der Waals surface area contributed by atoms with E-state index in [1.165, 1.54) is 0 Å². The minimum atomic E-state index is 0.00135. The summed E-state index contributed by atoms with van der Waals surface area (Å²) in [6.07, 6.45) is 6.58. The SMILES string of the molecule is COc1ccc(CCC(=O)N2CCCN(C(=O)CN3CCCCCCC3=O)CC2)cc1. The molecule has 2 aliphatic heterocycles. The van der Waals surface area contributed by atoms with Crippen LogP contribution >= 0.6 is 0 Å². The van der Waals surface area contributed by atoms with Gasteiger partial charge in [-0.2, -0.15) is 0 Å². The number of carbonyl (C=O) groups is 3. The molecule has 3 amide bonds. The third-order valence-corrected chi connectivity index (χ3v) is 6.24. The molecule has 31 heavy (non-hydrogen) atoms. The van der Waals surface area contributed by atoms with Gasteiger partial charge in [0.25, 0.3) is 0 Å². The van der Waals surface area contributed by atoms with Gasteiger partial charge >= 0.3 is 0 Å². The average molecular weight is 430 g/mol. The number of likely N-dealkylation sites (tertiary alicyclic amines) is 1. The Morgan fingerprint density at radius 2 is 1.52 bits per heavy atom. The zero-order valence-corrected chi connectivity index (χ0v) is 18.7. The molecule has 0 N–H and O–H groups in total. The van der Waals surface area contributed by atoms with Crippen LogP contribution in [0.1, 0.15) is 50.5 Å². The lowest BCUT2D eigenvalue weighted by molar-refractivity contribution is -0.141. The zero-order valence-electron chi connectivity index (χ0n) is 18.7. The van der Waals surface area contributed by atoms with Gasteiger partial charge in [0.2, 0.25) is 17.7 Å². The molecule has 2 aliphatic rings. The minimum Gasteiger partial charge on any atom is -0.497 e. The number of benzene rings is 1. The Morgan fingerprint density at radius 1 is 0.839 bits per heavy atom. The lowest BCUT2D eigenvalue weighted by Crippen LogP contribution is -2.45. The van der Waals surface area contributed by atoms with E-state index in [1.807, 2.05) is 34.1 Å². The van der Waals surface area contributed by atoms with Gasteiger partial charge in [-0.15, -0.1) is 0 Å². The highest BCUT2D eigenvalue weighted by molar-refractivity contribution is 5.85. The molecule has 1 aromatic rings. The number of hydrogen-bond acceptors (Lipinski definition) is 4.